The molecule has 4 saturated carbocycles. The fraction of sp³-hybridized carbons (Fsp3) is 0.344. The zero-order valence-corrected chi connectivity index (χ0v) is 60.1. The number of thiophene rings is 4. The van der Waals surface area contributed by atoms with Crippen molar-refractivity contribution >= 4 is 97.1 Å². The molecule has 4 heterocycles. The number of carbonyl (C=O) groups excluding carboxylic acids is 3. The highest BCUT2D eigenvalue weighted by molar-refractivity contribution is 7.18. The van der Waals surface area contributed by atoms with Crippen LogP contribution in [0.25, 0.3) is 76.2 Å². The van der Waals surface area contributed by atoms with Gasteiger partial charge in [-0.3, -0.25) is 14.4 Å². The van der Waals surface area contributed by atoms with Gasteiger partial charge in [-0.15, -0.1) is 45.3 Å². The van der Waals surface area contributed by atoms with E-state index in [0.29, 0.717) is 34.1 Å². The van der Waals surface area contributed by atoms with E-state index in [1.165, 1.54) is 133 Å². The summed E-state index contributed by atoms with van der Waals surface area (Å²) in [6.45, 7) is 0. The van der Waals surface area contributed by atoms with Crippen molar-refractivity contribution < 1.29 is 19.5 Å². The van der Waals surface area contributed by atoms with Gasteiger partial charge in [0.15, 0.2) is 5.78 Å². The molecule has 1 atom stereocenters. The molecule has 4 fully saturated rings. The van der Waals surface area contributed by atoms with Crippen LogP contribution in [0.5, 0.6) is 0 Å². The van der Waals surface area contributed by atoms with Gasteiger partial charge in [0.1, 0.15) is 41.5 Å². The normalized spacial score (nSPS) is 25.4. The number of aliphatic hydroxyl groups is 1. The van der Waals surface area contributed by atoms with Crippen LogP contribution in [0.3, 0.4) is 0 Å². The zero-order valence-electron chi connectivity index (χ0n) is 56.8. The molecule has 0 aliphatic heterocycles. The maximum atomic E-state index is 13.7. The number of nitrogens with zero attached hydrogens (tertiary/aromatic N) is 4. The predicted octanol–water partition coefficient (Wildman–Crippen LogP) is 22.2. The van der Waals surface area contributed by atoms with Crippen molar-refractivity contribution in [2.45, 2.75) is 182 Å². The third kappa shape index (κ3) is 8.84. The zero-order chi connectivity index (χ0) is 68.7. The van der Waals surface area contributed by atoms with Gasteiger partial charge in [0, 0.05) is 77.4 Å². The summed E-state index contributed by atoms with van der Waals surface area (Å²) >= 11 is 7.49. The van der Waals surface area contributed by atoms with Gasteiger partial charge in [0.25, 0.3) is 0 Å². The minimum atomic E-state index is -1.20. The van der Waals surface area contributed by atoms with Gasteiger partial charge in [-0.05, 0) is 294 Å². The Hall–Kier alpha value is -8.95. The number of carbonyl (C=O) groups is 3. The molecule has 0 saturated heterocycles. The molecular formula is C90H72N4O4S4. The van der Waals surface area contributed by atoms with Gasteiger partial charge >= 0.3 is 0 Å². The van der Waals surface area contributed by atoms with Crippen LogP contribution in [-0.2, 0) is 26.5 Å². The molecule has 0 bridgehead atoms. The number of nitriles is 4. The number of Topliss-reactive ketones (excluding diaryl/α,β-unsaturated/α-hetero) is 3. The predicted molar refractivity (Wildman–Crippen MR) is 408 cm³/mol. The van der Waals surface area contributed by atoms with Crippen molar-refractivity contribution in [3.63, 3.8) is 0 Å². The smallest absolute Gasteiger partial charge is 0.234 e. The molecular weight excluding hydrogens is 1330 g/mol. The Morgan fingerprint density at radius 2 is 0.794 bits per heavy atom. The van der Waals surface area contributed by atoms with E-state index in [-0.39, 0.29) is 38.6 Å². The molecule has 4 aromatic carbocycles. The van der Waals surface area contributed by atoms with Gasteiger partial charge in [0.05, 0.1) is 0 Å². The number of benzene rings is 4. The van der Waals surface area contributed by atoms with Crippen LogP contribution in [-0.4, -0.2) is 28.6 Å². The fourth-order valence-electron chi connectivity index (χ4n) is 22.1. The second-order valence-electron chi connectivity index (χ2n) is 31.5. The first kappa shape index (κ1) is 62.8. The van der Waals surface area contributed by atoms with E-state index < -0.39 is 17.7 Å². The van der Waals surface area contributed by atoms with E-state index in [1.54, 1.807) is 17.4 Å². The van der Waals surface area contributed by atoms with Crippen molar-refractivity contribution in [2.75, 3.05) is 0 Å². The van der Waals surface area contributed by atoms with Gasteiger partial charge in [0.2, 0.25) is 11.6 Å². The minimum Gasteiger partial charge on any atom is -0.380 e. The number of rotatable bonds is 5. The monoisotopic (exact) mass is 1400 g/mol. The lowest BCUT2D eigenvalue weighted by molar-refractivity contribution is -0.109. The number of hydrogen-bond acceptors (Lipinski definition) is 12. The minimum absolute atomic E-state index is 0.0673. The van der Waals surface area contributed by atoms with Crippen LogP contribution in [0.1, 0.15) is 250 Å². The van der Waals surface area contributed by atoms with Crippen molar-refractivity contribution in [1.29, 1.82) is 21.0 Å². The molecule has 102 heavy (non-hydrogen) atoms. The second-order valence-corrected chi connectivity index (χ2v) is 35.7. The lowest BCUT2D eigenvalue weighted by atomic mass is 9.58. The lowest BCUT2D eigenvalue weighted by Crippen LogP contribution is -2.37. The van der Waals surface area contributed by atoms with Gasteiger partial charge in [-0.1, -0.05) is 99.2 Å². The van der Waals surface area contributed by atoms with Gasteiger partial charge in [-0.25, -0.2) is 0 Å². The SMILES string of the molecule is N#CC(C#N)=C1C=C(c2cc3c(s2)-c2cc4c(cc2C32CCCCC2)-c2sc(C3=CC(=C(C#N)C#N)CCC3)cc2C42CCC(C3CCC4(CC3)c3cc5c(cc3-c3sc(/C=C6/c7ccccc7C(=O)C6O)cc34)C3(CCCCC3)c3cc(/C=C4\C(=O)C(=O)c6ccccc64)sc3-5)CC2)CCC1. The first-order valence-corrected chi connectivity index (χ1v) is 40.5. The molecule has 12 aliphatic rings. The lowest BCUT2D eigenvalue weighted by Gasteiger charge is -2.45. The van der Waals surface area contributed by atoms with E-state index in [4.69, 9.17) is 0 Å². The Bertz CT molecular complexity index is 5510. The number of aliphatic hydroxyl groups excluding tert-OH is 1. The molecule has 500 valence electrons. The van der Waals surface area contributed by atoms with Gasteiger partial charge in [-0.2, -0.15) is 21.0 Å². The Kier molecular flexibility index (Phi) is 14.3. The highest BCUT2D eigenvalue weighted by Crippen LogP contribution is 2.69. The highest BCUT2D eigenvalue weighted by atomic mass is 32.1. The molecule has 8 nitrogen and oxygen atoms in total. The molecule has 8 aromatic rings. The Balaban J connectivity index is 0.669. The Morgan fingerprint density at radius 3 is 1.25 bits per heavy atom. The Labute approximate surface area is 610 Å². The summed E-state index contributed by atoms with van der Waals surface area (Å²) < 4.78 is 0. The molecule has 0 amide bonds. The van der Waals surface area contributed by atoms with E-state index in [0.717, 1.165) is 160 Å². The summed E-state index contributed by atoms with van der Waals surface area (Å²) in [6, 6.07) is 44.3. The summed E-state index contributed by atoms with van der Waals surface area (Å²) in [6.07, 6.45) is 32.6. The average molecular weight is 1400 g/mol. The van der Waals surface area contributed by atoms with E-state index in [2.05, 4.69) is 91.0 Å². The summed E-state index contributed by atoms with van der Waals surface area (Å²) in [4.78, 5) is 50.7. The molecule has 12 heteroatoms. The van der Waals surface area contributed by atoms with Crippen molar-refractivity contribution in [3.05, 3.63) is 218 Å². The van der Waals surface area contributed by atoms with Crippen LogP contribution in [0.2, 0.25) is 0 Å². The fourth-order valence-corrected chi connectivity index (χ4v) is 27.2. The summed E-state index contributed by atoms with van der Waals surface area (Å²) in [7, 11) is 0. The van der Waals surface area contributed by atoms with Crippen molar-refractivity contribution in [2.24, 2.45) is 11.8 Å². The molecule has 0 radical (unpaired) electrons. The van der Waals surface area contributed by atoms with Crippen LogP contribution in [0, 0.1) is 57.2 Å². The van der Waals surface area contributed by atoms with E-state index in [1.807, 2.05) is 82.6 Å². The first-order chi connectivity index (χ1) is 49.9. The van der Waals surface area contributed by atoms with E-state index in [9.17, 15) is 40.5 Å². The molecule has 4 aromatic heterocycles. The largest absolute Gasteiger partial charge is 0.380 e. The number of allylic oxidation sites excluding steroid dienone is 9. The topological polar surface area (TPSA) is 167 Å². The van der Waals surface area contributed by atoms with Crippen molar-refractivity contribution in [1.82, 2.24) is 0 Å². The third-order valence-corrected chi connectivity index (χ3v) is 31.7. The molecule has 4 spiro atoms. The first-order valence-electron chi connectivity index (χ1n) is 37.3. The number of ketones is 3. The molecule has 12 aliphatic carbocycles. The Morgan fingerprint density at radius 1 is 0.402 bits per heavy atom. The number of hydrogen-bond donors (Lipinski definition) is 1. The summed E-state index contributed by atoms with van der Waals surface area (Å²) in [5.41, 5.74) is 24.9. The quantitative estimate of drug-likeness (QED) is 0.101. The van der Waals surface area contributed by atoms with E-state index >= 15 is 0 Å². The average Bonchev–Trinajstić information content (AvgIpc) is 1.52. The maximum absolute atomic E-state index is 13.7. The van der Waals surface area contributed by atoms with Crippen LogP contribution in [0.15, 0.2) is 132 Å². The number of fused-ring (bicyclic) bond motifs is 22. The summed E-state index contributed by atoms with van der Waals surface area (Å²) in [5, 5.41) is 51.6. The second kappa shape index (κ2) is 23.3. The standard InChI is InChI=1S/C90H72N4O4S4/c91-45-55(46-92)51-13-11-15-53(33-51)77-43-75-85(101-77)67-42-72-68(41-70(67)88(75)27-9-2-10-28-88)86-76(44-78(102-86)54-16-12-14-52(34-54)56(47-93)48-94)90(72)31-23-50(24-32-90)49-21-29-89(30-22-49)71-40-65-69(39-66(71)84-74(89)38-58(100-84)36-64-60-18-4-6-20-62(60)80(96)82(64)98)87(25-7-1-8-26-87)73-37-57(99-83(65)73)35-63-59-17-3-5-19-61(59)79(95)81(63)97/h3-6,17-20,33-44,49-50,82,98H,1-2,7-16,21-32H2/b63-35-,64-36-. The van der Waals surface area contributed by atoms with Crippen LogP contribution in [0.4, 0.5) is 0 Å². The van der Waals surface area contributed by atoms with Crippen LogP contribution < -0.4 is 0 Å². The molecule has 20 rings (SSSR count). The van der Waals surface area contributed by atoms with Crippen LogP contribution >= 0.6 is 45.3 Å². The third-order valence-electron chi connectivity index (χ3n) is 27.0. The molecule has 1 N–H and O–H groups in total. The van der Waals surface area contributed by atoms with Gasteiger partial charge < -0.3 is 5.11 Å². The van der Waals surface area contributed by atoms with Crippen molar-refractivity contribution in [3.8, 4) is 66.0 Å². The highest BCUT2D eigenvalue weighted by Gasteiger charge is 2.55. The maximum Gasteiger partial charge on any atom is 0.234 e. The summed E-state index contributed by atoms with van der Waals surface area (Å²) in [5.74, 6) is 0.0223. The molecule has 1 unspecified atom stereocenters.